The van der Waals surface area contributed by atoms with Gasteiger partial charge in [-0.1, -0.05) is 12.1 Å². The molecule has 0 unspecified atom stereocenters. The van der Waals surface area contributed by atoms with E-state index in [1.165, 1.54) is 12.1 Å². The normalized spacial score (nSPS) is 18.9. The fraction of sp³-hybridized carbons (Fsp3) is 0.333. The Labute approximate surface area is 140 Å². The third-order valence-electron chi connectivity index (χ3n) is 4.04. The Morgan fingerprint density at radius 2 is 2.08 bits per heavy atom. The van der Waals surface area contributed by atoms with Crippen molar-refractivity contribution in [1.82, 2.24) is 10.3 Å². The molecule has 2 atom stereocenters. The van der Waals surface area contributed by atoms with Crippen LogP contribution in [0, 0.1) is 5.82 Å². The van der Waals surface area contributed by atoms with Gasteiger partial charge in [0.2, 0.25) is 0 Å². The van der Waals surface area contributed by atoms with E-state index in [0.29, 0.717) is 30.7 Å². The summed E-state index contributed by atoms with van der Waals surface area (Å²) in [5, 5.41) is 6.09. The van der Waals surface area contributed by atoms with E-state index in [9.17, 15) is 9.18 Å². The molecule has 0 bridgehead atoms. The predicted octanol–water partition coefficient (Wildman–Crippen LogP) is 2.56. The third-order valence-corrected chi connectivity index (χ3v) is 4.04. The van der Waals surface area contributed by atoms with Crippen LogP contribution in [0.4, 0.5) is 10.2 Å². The summed E-state index contributed by atoms with van der Waals surface area (Å²) in [4.78, 5) is 16.2. The van der Waals surface area contributed by atoms with Crippen LogP contribution in [0.5, 0.6) is 0 Å². The second-order valence-electron chi connectivity index (χ2n) is 5.83. The van der Waals surface area contributed by atoms with Crippen molar-refractivity contribution in [1.29, 1.82) is 0 Å². The van der Waals surface area contributed by atoms with E-state index in [2.05, 4.69) is 15.6 Å². The molecule has 24 heavy (non-hydrogen) atoms. The second kappa shape index (κ2) is 7.40. The number of amides is 1. The van der Waals surface area contributed by atoms with Gasteiger partial charge in [0.15, 0.2) is 0 Å². The van der Waals surface area contributed by atoms with Gasteiger partial charge in [-0.15, -0.1) is 0 Å². The van der Waals surface area contributed by atoms with Gasteiger partial charge in [-0.3, -0.25) is 4.79 Å². The number of anilines is 1. The summed E-state index contributed by atoms with van der Waals surface area (Å²) in [5.41, 5.74) is 1.64. The smallest absolute Gasteiger partial charge is 0.252 e. The van der Waals surface area contributed by atoms with Crippen LogP contribution in [0.2, 0.25) is 0 Å². The van der Waals surface area contributed by atoms with Crippen molar-refractivity contribution in [2.75, 3.05) is 25.6 Å². The van der Waals surface area contributed by atoms with Crippen molar-refractivity contribution in [3.05, 3.63) is 59.5 Å². The quantitative estimate of drug-likeness (QED) is 0.767. The number of ether oxygens (including phenoxy) is 1. The Morgan fingerprint density at radius 3 is 2.75 bits per heavy atom. The highest BCUT2D eigenvalue weighted by Crippen LogP contribution is 2.42. The Kier molecular flexibility index (Phi) is 5.05. The van der Waals surface area contributed by atoms with Gasteiger partial charge in [0.05, 0.1) is 12.2 Å². The van der Waals surface area contributed by atoms with Gasteiger partial charge in [-0.2, -0.15) is 0 Å². The zero-order valence-corrected chi connectivity index (χ0v) is 13.5. The largest absolute Gasteiger partial charge is 0.383 e. The lowest BCUT2D eigenvalue weighted by Crippen LogP contribution is -2.27. The molecule has 2 N–H and O–H groups in total. The lowest BCUT2D eigenvalue weighted by molar-refractivity contribution is 0.0937. The molecule has 1 heterocycles. The standard InChI is InChI=1S/C18H20FN3O2/c1-24-9-8-20-18(23)13-4-7-17(21-11-13)22-16-10-15(16)12-2-5-14(19)6-3-12/h2-7,11,15-16H,8-10H2,1H3,(H,20,23)(H,21,22)/t15-,16+/m0/s1. The molecule has 5 nitrogen and oxygen atoms in total. The predicted molar refractivity (Wildman–Crippen MR) is 89.6 cm³/mol. The number of benzene rings is 1. The van der Waals surface area contributed by atoms with E-state index in [4.69, 9.17) is 4.74 Å². The van der Waals surface area contributed by atoms with Crippen LogP contribution in [0.15, 0.2) is 42.6 Å². The number of hydrogen-bond donors (Lipinski definition) is 2. The molecule has 0 radical (unpaired) electrons. The molecule has 1 aromatic carbocycles. The Hall–Kier alpha value is -2.47. The van der Waals surface area contributed by atoms with E-state index in [-0.39, 0.29) is 11.7 Å². The minimum atomic E-state index is -0.218. The van der Waals surface area contributed by atoms with Crippen LogP contribution in [0.3, 0.4) is 0 Å². The minimum Gasteiger partial charge on any atom is -0.383 e. The highest BCUT2D eigenvalue weighted by molar-refractivity contribution is 5.94. The molecule has 1 amide bonds. The van der Waals surface area contributed by atoms with E-state index in [1.807, 2.05) is 12.1 Å². The summed E-state index contributed by atoms with van der Waals surface area (Å²) >= 11 is 0. The van der Waals surface area contributed by atoms with Crippen molar-refractivity contribution in [3.8, 4) is 0 Å². The van der Waals surface area contributed by atoms with Crippen molar-refractivity contribution >= 4 is 11.7 Å². The number of carbonyl (C=O) groups excluding carboxylic acids is 1. The molecule has 0 spiro atoms. The number of rotatable bonds is 7. The van der Waals surface area contributed by atoms with Crippen LogP contribution in [-0.2, 0) is 4.74 Å². The third kappa shape index (κ3) is 4.08. The van der Waals surface area contributed by atoms with Gasteiger partial charge in [0.25, 0.3) is 5.91 Å². The van der Waals surface area contributed by atoms with E-state index >= 15 is 0 Å². The number of hydrogen-bond acceptors (Lipinski definition) is 4. The van der Waals surface area contributed by atoms with Gasteiger partial charge < -0.3 is 15.4 Å². The molecule has 1 aromatic heterocycles. The maximum atomic E-state index is 13.0. The average molecular weight is 329 g/mol. The van der Waals surface area contributed by atoms with E-state index in [1.54, 1.807) is 25.4 Å². The second-order valence-corrected chi connectivity index (χ2v) is 5.83. The highest BCUT2D eigenvalue weighted by atomic mass is 19.1. The molecule has 0 aliphatic heterocycles. The van der Waals surface area contributed by atoms with Crippen molar-refractivity contribution in [2.45, 2.75) is 18.4 Å². The van der Waals surface area contributed by atoms with Crippen LogP contribution >= 0.6 is 0 Å². The van der Waals surface area contributed by atoms with Gasteiger partial charge in [-0.05, 0) is 36.2 Å². The van der Waals surface area contributed by atoms with Gasteiger partial charge >= 0.3 is 0 Å². The Morgan fingerprint density at radius 1 is 1.29 bits per heavy atom. The molecule has 1 saturated carbocycles. The molecule has 6 heteroatoms. The van der Waals surface area contributed by atoms with Crippen molar-refractivity contribution in [2.24, 2.45) is 0 Å². The molecule has 1 aliphatic carbocycles. The summed E-state index contributed by atoms with van der Waals surface area (Å²) < 4.78 is 17.8. The maximum Gasteiger partial charge on any atom is 0.252 e. The van der Waals surface area contributed by atoms with Crippen molar-refractivity contribution < 1.29 is 13.9 Å². The molecule has 1 aliphatic rings. The lowest BCUT2D eigenvalue weighted by Gasteiger charge is -2.07. The number of nitrogens with one attached hydrogen (secondary N) is 2. The number of methoxy groups -OCH3 is 1. The Bertz CT molecular complexity index is 688. The minimum absolute atomic E-state index is 0.165. The molecular formula is C18H20FN3O2. The van der Waals surface area contributed by atoms with Crippen LogP contribution in [-0.4, -0.2) is 37.2 Å². The van der Waals surface area contributed by atoms with Crippen LogP contribution in [0.25, 0.3) is 0 Å². The van der Waals surface area contributed by atoms with Crippen LogP contribution < -0.4 is 10.6 Å². The SMILES string of the molecule is COCCNC(=O)c1ccc(N[C@@H]2C[C@H]2c2ccc(F)cc2)nc1. The number of nitrogens with zero attached hydrogens (tertiary/aromatic N) is 1. The molecule has 2 aromatic rings. The Balaban J connectivity index is 1.52. The summed E-state index contributed by atoms with van der Waals surface area (Å²) in [7, 11) is 1.59. The van der Waals surface area contributed by atoms with Gasteiger partial charge in [-0.25, -0.2) is 9.37 Å². The zero-order chi connectivity index (χ0) is 16.9. The maximum absolute atomic E-state index is 13.0. The first-order valence-corrected chi connectivity index (χ1v) is 7.92. The number of aromatic nitrogens is 1. The first-order valence-electron chi connectivity index (χ1n) is 7.92. The fourth-order valence-electron chi connectivity index (χ4n) is 2.61. The summed E-state index contributed by atoms with van der Waals surface area (Å²) in [6.45, 7) is 0.946. The topological polar surface area (TPSA) is 63.2 Å². The van der Waals surface area contributed by atoms with Crippen molar-refractivity contribution in [3.63, 3.8) is 0 Å². The highest BCUT2D eigenvalue weighted by Gasteiger charge is 2.38. The molecule has 1 fully saturated rings. The van der Waals surface area contributed by atoms with E-state index in [0.717, 1.165) is 17.8 Å². The first kappa shape index (κ1) is 16.4. The molecular weight excluding hydrogens is 309 g/mol. The average Bonchev–Trinajstić information content (AvgIpc) is 3.35. The van der Waals surface area contributed by atoms with E-state index < -0.39 is 0 Å². The zero-order valence-electron chi connectivity index (χ0n) is 13.5. The van der Waals surface area contributed by atoms with Gasteiger partial charge in [0, 0.05) is 31.8 Å². The number of carbonyl (C=O) groups is 1. The van der Waals surface area contributed by atoms with Crippen LogP contribution in [0.1, 0.15) is 28.3 Å². The summed E-state index contributed by atoms with van der Waals surface area (Å²) in [6, 6.07) is 10.5. The monoisotopic (exact) mass is 329 g/mol. The molecule has 126 valence electrons. The molecule has 3 rings (SSSR count). The molecule has 0 saturated heterocycles. The number of pyridine rings is 1. The lowest BCUT2D eigenvalue weighted by atomic mass is 10.1. The van der Waals surface area contributed by atoms with Gasteiger partial charge in [0.1, 0.15) is 11.6 Å². The fourth-order valence-corrected chi connectivity index (χ4v) is 2.61. The number of halogens is 1. The first-order chi connectivity index (χ1) is 11.7. The summed E-state index contributed by atoms with van der Waals surface area (Å²) in [6.07, 6.45) is 2.55. The summed E-state index contributed by atoms with van der Waals surface area (Å²) in [5.74, 6) is 0.731.